The minimum absolute atomic E-state index is 0.0200. The molecular weight excluding hydrogens is 346 g/mol. The maximum Gasteiger partial charge on any atom is 0.257 e. The van der Waals surface area contributed by atoms with Crippen LogP contribution in [0.15, 0.2) is 0 Å². The molecule has 1 atom stereocenters. The molecule has 5 nitrogen and oxygen atoms in total. The van der Waals surface area contributed by atoms with Gasteiger partial charge in [0.15, 0.2) is 0 Å². The fourth-order valence-electron chi connectivity index (χ4n) is 4.42. The molecule has 0 saturated carbocycles. The second-order valence-electron chi connectivity index (χ2n) is 7.76. The molecule has 1 aromatic rings. The minimum Gasteiger partial charge on any atom is -0.339 e. The lowest BCUT2D eigenvalue weighted by Crippen LogP contribution is -2.38. The van der Waals surface area contributed by atoms with E-state index < -0.39 is 0 Å². The first kappa shape index (κ1) is 18.0. The summed E-state index contributed by atoms with van der Waals surface area (Å²) in [4.78, 5) is 29.3. The molecule has 0 radical (unpaired) electrons. The number of aryl methyl sites for hydroxylation is 1. The number of carbonyl (C=O) groups excluding carboxylic acids is 2. The molecule has 1 aliphatic carbocycles. The molecular formula is C20H29N3O2S. The van der Waals surface area contributed by atoms with Crippen LogP contribution in [0.3, 0.4) is 0 Å². The average molecular weight is 376 g/mol. The molecule has 2 saturated heterocycles. The number of rotatable bonds is 3. The summed E-state index contributed by atoms with van der Waals surface area (Å²) in [5.41, 5.74) is 2.03. The van der Waals surface area contributed by atoms with Crippen molar-refractivity contribution in [2.75, 3.05) is 25.0 Å². The normalized spacial score (nSPS) is 23.4. The second-order valence-corrected chi connectivity index (χ2v) is 8.86. The number of amides is 2. The van der Waals surface area contributed by atoms with Crippen molar-refractivity contribution in [3.63, 3.8) is 0 Å². The molecule has 26 heavy (non-hydrogen) atoms. The van der Waals surface area contributed by atoms with Gasteiger partial charge < -0.3 is 15.5 Å². The first-order valence-corrected chi connectivity index (χ1v) is 11.0. The van der Waals surface area contributed by atoms with E-state index in [0.29, 0.717) is 0 Å². The van der Waals surface area contributed by atoms with E-state index in [2.05, 4.69) is 10.6 Å². The van der Waals surface area contributed by atoms with Crippen molar-refractivity contribution in [2.45, 2.75) is 70.3 Å². The van der Waals surface area contributed by atoms with Gasteiger partial charge in [-0.15, -0.1) is 11.3 Å². The summed E-state index contributed by atoms with van der Waals surface area (Å²) in [7, 11) is 0. The Bertz CT molecular complexity index is 673. The van der Waals surface area contributed by atoms with Crippen LogP contribution in [0, 0.1) is 0 Å². The summed E-state index contributed by atoms with van der Waals surface area (Å²) < 4.78 is 0. The van der Waals surface area contributed by atoms with Crippen molar-refractivity contribution >= 4 is 28.2 Å². The molecule has 2 aliphatic heterocycles. The zero-order valence-corrected chi connectivity index (χ0v) is 16.3. The Morgan fingerprint density at radius 1 is 1.00 bits per heavy atom. The van der Waals surface area contributed by atoms with Gasteiger partial charge in [0.2, 0.25) is 5.91 Å². The third-order valence-electron chi connectivity index (χ3n) is 5.89. The molecule has 0 unspecified atom stereocenters. The largest absolute Gasteiger partial charge is 0.339 e. The molecule has 0 spiro atoms. The number of thiophene rings is 1. The Morgan fingerprint density at radius 2 is 1.77 bits per heavy atom. The average Bonchev–Trinajstić information content (AvgIpc) is 3.25. The van der Waals surface area contributed by atoms with Crippen LogP contribution in [-0.4, -0.2) is 42.4 Å². The van der Waals surface area contributed by atoms with Crippen LogP contribution >= 0.6 is 11.3 Å². The monoisotopic (exact) mass is 375 g/mol. The van der Waals surface area contributed by atoms with Crippen LogP contribution in [0.1, 0.15) is 72.2 Å². The smallest absolute Gasteiger partial charge is 0.257 e. The van der Waals surface area contributed by atoms with E-state index in [4.69, 9.17) is 0 Å². The van der Waals surface area contributed by atoms with Crippen LogP contribution in [0.5, 0.6) is 0 Å². The molecule has 6 heteroatoms. The van der Waals surface area contributed by atoms with E-state index in [1.807, 2.05) is 4.90 Å². The molecule has 2 fully saturated rings. The van der Waals surface area contributed by atoms with Crippen molar-refractivity contribution in [2.24, 2.45) is 0 Å². The van der Waals surface area contributed by atoms with Crippen molar-refractivity contribution in [1.29, 1.82) is 0 Å². The number of hydrogen-bond acceptors (Lipinski definition) is 4. The van der Waals surface area contributed by atoms with Gasteiger partial charge in [0.25, 0.3) is 5.91 Å². The number of nitrogens with zero attached hydrogens (tertiary/aromatic N) is 1. The zero-order chi connectivity index (χ0) is 17.9. The van der Waals surface area contributed by atoms with Crippen molar-refractivity contribution in [3.8, 4) is 0 Å². The highest BCUT2D eigenvalue weighted by atomic mass is 32.1. The third-order valence-corrected chi connectivity index (χ3v) is 7.10. The van der Waals surface area contributed by atoms with Crippen molar-refractivity contribution in [3.05, 3.63) is 16.0 Å². The molecule has 3 aliphatic rings. The fourth-order valence-corrected chi connectivity index (χ4v) is 5.70. The molecule has 0 aromatic carbocycles. The van der Waals surface area contributed by atoms with E-state index >= 15 is 0 Å². The Hall–Kier alpha value is -1.40. The fraction of sp³-hybridized carbons (Fsp3) is 0.700. The van der Waals surface area contributed by atoms with Gasteiger partial charge in [-0.25, -0.2) is 0 Å². The maximum absolute atomic E-state index is 13.3. The van der Waals surface area contributed by atoms with Crippen LogP contribution < -0.4 is 10.6 Å². The van der Waals surface area contributed by atoms with Gasteiger partial charge in [-0.2, -0.15) is 0 Å². The summed E-state index contributed by atoms with van der Waals surface area (Å²) in [6.45, 7) is 2.60. The second kappa shape index (κ2) is 8.09. The number of fused-ring (bicyclic) bond motifs is 1. The van der Waals surface area contributed by atoms with Gasteiger partial charge in [-0.05, 0) is 69.9 Å². The van der Waals surface area contributed by atoms with E-state index in [1.54, 1.807) is 11.3 Å². The number of nitrogens with one attached hydrogen (secondary N) is 2. The lowest BCUT2D eigenvalue weighted by molar-refractivity contribution is -0.117. The number of hydrogen-bond donors (Lipinski definition) is 2. The summed E-state index contributed by atoms with van der Waals surface area (Å²) >= 11 is 1.65. The SMILES string of the molecule is O=C(Nc1sc2c(c1C(=O)N1CCCCC1)CCCCC2)[C@@H]1CCCN1. The Morgan fingerprint density at radius 3 is 2.54 bits per heavy atom. The minimum atomic E-state index is -0.116. The number of carbonyl (C=O) groups is 2. The van der Waals surface area contributed by atoms with E-state index in [0.717, 1.165) is 75.1 Å². The molecule has 4 rings (SSSR count). The number of piperidine rings is 1. The van der Waals surface area contributed by atoms with Crippen molar-refractivity contribution < 1.29 is 9.59 Å². The third kappa shape index (κ3) is 3.67. The van der Waals surface area contributed by atoms with E-state index in [-0.39, 0.29) is 17.9 Å². The molecule has 0 bridgehead atoms. The molecule has 2 amide bonds. The number of likely N-dealkylation sites (tertiary alicyclic amines) is 1. The molecule has 3 heterocycles. The zero-order valence-electron chi connectivity index (χ0n) is 15.4. The highest BCUT2D eigenvalue weighted by Gasteiger charge is 2.31. The van der Waals surface area contributed by atoms with Crippen LogP contribution in [0.4, 0.5) is 5.00 Å². The summed E-state index contributed by atoms with van der Waals surface area (Å²) in [5.74, 6) is 0.158. The topological polar surface area (TPSA) is 61.4 Å². The molecule has 142 valence electrons. The van der Waals surface area contributed by atoms with E-state index in [1.165, 1.54) is 29.7 Å². The Balaban J connectivity index is 1.63. The summed E-state index contributed by atoms with van der Waals surface area (Å²) in [6, 6.07) is -0.116. The lowest BCUT2D eigenvalue weighted by Gasteiger charge is -2.27. The first-order valence-electron chi connectivity index (χ1n) is 10.2. The quantitative estimate of drug-likeness (QED) is 0.797. The predicted octanol–water partition coefficient (Wildman–Crippen LogP) is 3.33. The van der Waals surface area contributed by atoms with Gasteiger partial charge in [0.05, 0.1) is 11.6 Å². The van der Waals surface area contributed by atoms with Crippen LogP contribution in [0.25, 0.3) is 0 Å². The maximum atomic E-state index is 13.3. The van der Waals surface area contributed by atoms with Gasteiger partial charge in [-0.1, -0.05) is 6.42 Å². The highest BCUT2D eigenvalue weighted by molar-refractivity contribution is 7.17. The molecule has 1 aromatic heterocycles. The van der Waals surface area contributed by atoms with Gasteiger partial charge in [0.1, 0.15) is 5.00 Å². The van der Waals surface area contributed by atoms with Crippen LogP contribution in [-0.2, 0) is 17.6 Å². The Labute approximate surface area is 159 Å². The number of anilines is 1. The van der Waals surface area contributed by atoms with Gasteiger partial charge in [-0.3, -0.25) is 9.59 Å². The van der Waals surface area contributed by atoms with E-state index in [9.17, 15) is 9.59 Å². The Kier molecular flexibility index (Phi) is 5.60. The van der Waals surface area contributed by atoms with Crippen LogP contribution in [0.2, 0.25) is 0 Å². The first-order chi connectivity index (χ1) is 12.7. The molecule has 2 N–H and O–H groups in total. The van der Waals surface area contributed by atoms with Gasteiger partial charge >= 0.3 is 0 Å². The predicted molar refractivity (Wildman–Crippen MR) is 105 cm³/mol. The van der Waals surface area contributed by atoms with Gasteiger partial charge in [0, 0.05) is 18.0 Å². The summed E-state index contributed by atoms with van der Waals surface area (Å²) in [5, 5.41) is 7.17. The standard InChI is InChI=1S/C20H29N3O2S/c24-18(15-9-7-11-21-15)22-19-17(20(25)23-12-5-2-6-13-23)14-8-3-1-4-10-16(14)26-19/h15,21H,1-13H2,(H,22,24)/t15-/m0/s1. The lowest BCUT2D eigenvalue weighted by atomic mass is 10.0. The highest BCUT2D eigenvalue weighted by Crippen LogP contribution is 2.38. The summed E-state index contributed by atoms with van der Waals surface area (Å²) in [6.07, 6.45) is 10.9. The van der Waals surface area contributed by atoms with Crippen molar-refractivity contribution in [1.82, 2.24) is 10.2 Å².